The van der Waals surface area contributed by atoms with E-state index in [4.69, 9.17) is 5.73 Å². The summed E-state index contributed by atoms with van der Waals surface area (Å²) in [5.74, 6) is -0.229. The molecule has 2 heterocycles. The Kier molecular flexibility index (Phi) is 3.74. The van der Waals surface area contributed by atoms with Crippen LogP contribution in [0.2, 0.25) is 0 Å². The molecule has 18 heavy (non-hydrogen) atoms. The van der Waals surface area contributed by atoms with Crippen molar-refractivity contribution >= 4 is 33.7 Å². The lowest BCUT2D eigenvalue weighted by molar-refractivity contribution is -0.117. The number of hydrogen-bond donors (Lipinski definition) is 2. The second kappa shape index (κ2) is 5.13. The van der Waals surface area contributed by atoms with E-state index in [1.165, 1.54) is 11.3 Å². The first kappa shape index (κ1) is 13.1. The van der Waals surface area contributed by atoms with Crippen LogP contribution in [-0.4, -0.2) is 21.9 Å². The molecular formula is C11H14N4OS2. The average molecular weight is 282 g/mol. The summed E-state index contributed by atoms with van der Waals surface area (Å²) in [6.07, 6.45) is 0. The van der Waals surface area contributed by atoms with Crippen molar-refractivity contribution in [3.05, 3.63) is 16.1 Å². The summed E-state index contributed by atoms with van der Waals surface area (Å²) in [5, 5.41) is 6.18. The fraction of sp³-hybridized carbons (Fsp3) is 0.364. The molecule has 2 aromatic rings. The van der Waals surface area contributed by atoms with Gasteiger partial charge in [0.25, 0.3) is 0 Å². The van der Waals surface area contributed by atoms with E-state index in [0.29, 0.717) is 5.13 Å². The van der Waals surface area contributed by atoms with E-state index in [2.05, 4.69) is 15.3 Å². The molecule has 2 rings (SSSR count). The number of carbonyl (C=O) groups is 1. The molecular weight excluding hydrogens is 268 g/mol. The molecule has 0 aliphatic carbocycles. The molecule has 1 amide bonds. The quantitative estimate of drug-likeness (QED) is 0.904. The Morgan fingerprint density at radius 1 is 1.44 bits per heavy atom. The van der Waals surface area contributed by atoms with Gasteiger partial charge in [0.2, 0.25) is 5.91 Å². The number of carbonyl (C=O) groups excluding carboxylic acids is 1. The molecule has 5 nitrogen and oxygen atoms in total. The van der Waals surface area contributed by atoms with E-state index in [1.807, 2.05) is 19.2 Å². The molecule has 0 saturated heterocycles. The molecule has 7 heteroatoms. The van der Waals surface area contributed by atoms with Crippen molar-refractivity contribution in [2.75, 3.05) is 5.32 Å². The summed E-state index contributed by atoms with van der Waals surface area (Å²) in [5.41, 5.74) is 7.30. The highest BCUT2D eigenvalue weighted by molar-refractivity contribution is 7.16. The van der Waals surface area contributed by atoms with Crippen LogP contribution in [0.5, 0.6) is 0 Å². The fourth-order valence-corrected chi connectivity index (χ4v) is 3.08. The van der Waals surface area contributed by atoms with E-state index < -0.39 is 6.04 Å². The second-order valence-corrected chi connectivity index (χ2v) is 6.02. The smallest absolute Gasteiger partial charge is 0.242 e. The van der Waals surface area contributed by atoms with Gasteiger partial charge in [-0.15, -0.1) is 22.7 Å². The van der Waals surface area contributed by atoms with E-state index in [0.717, 1.165) is 21.3 Å². The molecule has 0 unspecified atom stereocenters. The van der Waals surface area contributed by atoms with E-state index >= 15 is 0 Å². The Hall–Kier alpha value is -1.31. The van der Waals surface area contributed by atoms with Gasteiger partial charge in [-0.3, -0.25) is 4.79 Å². The number of thiazole rings is 2. The number of rotatable bonds is 3. The van der Waals surface area contributed by atoms with Crippen LogP contribution in [0.4, 0.5) is 5.13 Å². The molecule has 2 aromatic heterocycles. The topological polar surface area (TPSA) is 80.9 Å². The van der Waals surface area contributed by atoms with Crippen molar-refractivity contribution in [3.8, 4) is 10.6 Å². The van der Waals surface area contributed by atoms with Crippen LogP contribution < -0.4 is 11.1 Å². The first-order valence-corrected chi connectivity index (χ1v) is 7.13. The molecule has 96 valence electrons. The van der Waals surface area contributed by atoms with Crippen molar-refractivity contribution in [3.63, 3.8) is 0 Å². The molecule has 0 aromatic carbocycles. The van der Waals surface area contributed by atoms with Gasteiger partial charge in [-0.2, -0.15) is 0 Å². The van der Waals surface area contributed by atoms with Gasteiger partial charge in [-0.25, -0.2) is 9.97 Å². The lowest BCUT2D eigenvalue weighted by Crippen LogP contribution is -2.32. The van der Waals surface area contributed by atoms with Crippen molar-refractivity contribution in [2.24, 2.45) is 5.73 Å². The molecule has 3 N–H and O–H groups in total. The predicted molar refractivity (Wildman–Crippen MR) is 75.0 cm³/mol. The third kappa shape index (κ3) is 2.74. The van der Waals surface area contributed by atoms with Crippen LogP contribution in [0.25, 0.3) is 10.6 Å². The number of nitrogens with two attached hydrogens (primary N) is 1. The summed E-state index contributed by atoms with van der Waals surface area (Å²) in [7, 11) is 0. The monoisotopic (exact) mass is 282 g/mol. The van der Waals surface area contributed by atoms with E-state index in [9.17, 15) is 4.79 Å². The average Bonchev–Trinajstić information content (AvgIpc) is 2.85. The fourth-order valence-electron chi connectivity index (χ4n) is 1.42. The molecule has 0 radical (unpaired) electrons. The van der Waals surface area contributed by atoms with Gasteiger partial charge in [0.15, 0.2) is 5.13 Å². The lowest BCUT2D eigenvalue weighted by Gasteiger charge is -2.03. The predicted octanol–water partition coefficient (Wildman–Crippen LogP) is 2.17. The number of amides is 1. The van der Waals surface area contributed by atoms with Gasteiger partial charge < -0.3 is 11.1 Å². The maximum atomic E-state index is 11.4. The first-order chi connectivity index (χ1) is 8.47. The van der Waals surface area contributed by atoms with Crippen molar-refractivity contribution in [1.29, 1.82) is 0 Å². The number of aryl methyl sites for hydroxylation is 2. The van der Waals surface area contributed by atoms with Crippen molar-refractivity contribution < 1.29 is 4.79 Å². The van der Waals surface area contributed by atoms with Gasteiger partial charge in [0, 0.05) is 5.38 Å². The highest BCUT2D eigenvalue weighted by Gasteiger charge is 2.14. The molecule has 0 aliphatic heterocycles. The van der Waals surface area contributed by atoms with E-state index in [1.54, 1.807) is 18.3 Å². The van der Waals surface area contributed by atoms with Gasteiger partial charge in [0.05, 0.1) is 27.3 Å². The van der Waals surface area contributed by atoms with Gasteiger partial charge in [0.1, 0.15) is 0 Å². The number of aromatic nitrogens is 2. The number of nitrogens with one attached hydrogen (secondary N) is 1. The Bertz CT molecular complexity index is 573. The number of hydrogen-bond acceptors (Lipinski definition) is 6. The van der Waals surface area contributed by atoms with Gasteiger partial charge >= 0.3 is 0 Å². The molecule has 1 atom stereocenters. The zero-order chi connectivity index (χ0) is 13.3. The molecule has 0 saturated carbocycles. The third-order valence-corrected chi connectivity index (χ3v) is 4.14. The van der Waals surface area contributed by atoms with Crippen molar-refractivity contribution in [1.82, 2.24) is 9.97 Å². The number of anilines is 1. The highest BCUT2D eigenvalue weighted by atomic mass is 32.1. The zero-order valence-electron chi connectivity index (χ0n) is 10.4. The Labute approximate surface area is 113 Å². The Morgan fingerprint density at radius 2 is 2.17 bits per heavy atom. The van der Waals surface area contributed by atoms with Crippen LogP contribution in [0.3, 0.4) is 0 Å². The maximum absolute atomic E-state index is 11.4. The minimum Gasteiger partial charge on any atom is -0.320 e. The highest BCUT2D eigenvalue weighted by Crippen LogP contribution is 2.31. The standard InChI is InChI=1S/C11H14N4OS2/c1-5(12)10(16)15-11-14-8(4-17-11)9-6(2)13-7(3)18-9/h4-5H,12H2,1-3H3,(H,14,15,16)/t5-/m0/s1. The summed E-state index contributed by atoms with van der Waals surface area (Å²) in [6, 6.07) is -0.537. The van der Waals surface area contributed by atoms with Crippen molar-refractivity contribution in [2.45, 2.75) is 26.8 Å². The van der Waals surface area contributed by atoms with Crippen LogP contribution >= 0.6 is 22.7 Å². The Balaban J connectivity index is 2.20. The largest absolute Gasteiger partial charge is 0.320 e. The van der Waals surface area contributed by atoms with Crippen LogP contribution in [-0.2, 0) is 4.79 Å². The minimum atomic E-state index is -0.537. The Morgan fingerprint density at radius 3 is 2.72 bits per heavy atom. The number of nitrogens with zero attached hydrogens (tertiary/aromatic N) is 2. The maximum Gasteiger partial charge on any atom is 0.242 e. The summed E-state index contributed by atoms with van der Waals surface area (Å²) in [4.78, 5) is 21.2. The summed E-state index contributed by atoms with van der Waals surface area (Å²) in [6.45, 7) is 5.56. The second-order valence-electron chi connectivity index (χ2n) is 3.96. The third-order valence-electron chi connectivity index (χ3n) is 2.28. The molecule has 0 spiro atoms. The minimum absolute atomic E-state index is 0.229. The summed E-state index contributed by atoms with van der Waals surface area (Å²) < 4.78 is 0. The van der Waals surface area contributed by atoms with Crippen LogP contribution in [0.1, 0.15) is 17.6 Å². The van der Waals surface area contributed by atoms with Gasteiger partial charge in [-0.05, 0) is 20.8 Å². The van der Waals surface area contributed by atoms with Crippen LogP contribution in [0.15, 0.2) is 5.38 Å². The van der Waals surface area contributed by atoms with Crippen LogP contribution in [0, 0.1) is 13.8 Å². The lowest BCUT2D eigenvalue weighted by atomic mass is 10.3. The molecule has 0 aliphatic rings. The SMILES string of the molecule is Cc1nc(C)c(-c2csc(NC(=O)[C@H](C)N)n2)s1. The summed E-state index contributed by atoms with van der Waals surface area (Å²) >= 11 is 2.99. The van der Waals surface area contributed by atoms with E-state index in [-0.39, 0.29) is 5.91 Å². The zero-order valence-corrected chi connectivity index (χ0v) is 12.0. The molecule has 0 bridgehead atoms. The normalized spacial score (nSPS) is 12.4. The first-order valence-electron chi connectivity index (χ1n) is 5.43. The van der Waals surface area contributed by atoms with Gasteiger partial charge in [-0.1, -0.05) is 0 Å². The molecule has 0 fully saturated rings.